The van der Waals surface area contributed by atoms with Gasteiger partial charge in [0, 0.05) is 74.4 Å². The maximum absolute atomic E-state index is 12.4. The summed E-state index contributed by atoms with van der Waals surface area (Å²) in [7, 11) is 1.87. The smallest absolute Gasteiger partial charge is 0.410 e. The van der Waals surface area contributed by atoms with Crippen LogP contribution in [0.1, 0.15) is 39.2 Å². The van der Waals surface area contributed by atoms with Crippen molar-refractivity contribution in [2.24, 2.45) is 5.41 Å². The van der Waals surface area contributed by atoms with Gasteiger partial charge in [0.1, 0.15) is 23.1 Å². The third-order valence-electron chi connectivity index (χ3n) is 7.50. The molecule has 6 rings (SSSR count). The summed E-state index contributed by atoms with van der Waals surface area (Å²) in [6.07, 6.45) is 6.99. The molecule has 12 heteroatoms. The topological polar surface area (TPSA) is 125 Å². The summed E-state index contributed by atoms with van der Waals surface area (Å²) in [5.41, 5.74) is 2.77. The van der Waals surface area contributed by atoms with Gasteiger partial charge >= 0.3 is 6.09 Å². The molecule has 2 fully saturated rings. The second-order valence-corrected chi connectivity index (χ2v) is 12.4. The first kappa shape index (κ1) is 26.0. The molecule has 2 aliphatic rings. The summed E-state index contributed by atoms with van der Waals surface area (Å²) in [4.78, 5) is 25.7. The number of nitrogens with one attached hydrogen (secondary N) is 1. The quantitative estimate of drug-likeness (QED) is 0.380. The van der Waals surface area contributed by atoms with Crippen LogP contribution < -0.4 is 10.2 Å². The summed E-state index contributed by atoms with van der Waals surface area (Å²) in [5, 5.41) is 24.0. The van der Waals surface area contributed by atoms with Crippen LogP contribution in [0.3, 0.4) is 0 Å². The fraction of sp³-hybridized carbons (Fsp3) is 0.429. The van der Waals surface area contributed by atoms with Crippen molar-refractivity contribution in [3.8, 4) is 22.5 Å². The van der Waals surface area contributed by atoms with Crippen LogP contribution in [0.5, 0.6) is 0 Å². The highest BCUT2D eigenvalue weighted by atomic mass is 32.1. The Balaban J connectivity index is 1.13. The number of nitriles is 1. The van der Waals surface area contributed by atoms with Crippen molar-refractivity contribution in [1.82, 2.24) is 29.6 Å². The average Bonchev–Trinajstić information content (AvgIpc) is 3.57. The van der Waals surface area contributed by atoms with Crippen molar-refractivity contribution < 1.29 is 9.53 Å². The number of amides is 1. The van der Waals surface area contributed by atoms with Crippen LogP contribution in [0.4, 0.5) is 15.6 Å². The summed E-state index contributed by atoms with van der Waals surface area (Å²) < 4.78 is 7.44. The van der Waals surface area contributed by atoms with E-state index in [1.165, 1.54) is 0 Å². The van der Waals surface area contributed by atoms with Gasteiger partial charge in [0.2, 0.25) is 5.13 Å². The normalized spacial score (nSPS) is 16.6. The van der Waals surface area contributed by atoms with Gasteiger partial charge < -0.3 is 19.9 Å². The van der Waals surface area contributed by atoms with Crippen LogP contribution in [-0.4, -0.2) is 74.6 Å². The van der Waals surface area contributed by atoms with Crippen LogP contribution >= 0.6 is 11.3 Å². The Labute approximate surface area is 236 Å². The minimum absolute atomic E-state index is 0.214. The molecule has 40 heavy (non-hydrogen) atoms. The number of hydrogen-bond donors (Lipinski definition) is 1. The van der Waals surface area contributed by atoms with Gasteiger partial charge in [-0.25, -0.2) is 14.8 Å². The summed E-state index contributed by atoms with van der Waals surface area (Å²) in [6.45, 7) is 8.97. The number of anilines is 2. The number of nitrogens with zero attached hydrogens (tertiary/aromatic N) is 8. The van der Waals surface area contributed by atoms with E-state index in [-0.39, 0.29) is 11.5 Å². The number of ether oxygens (including phenoxy) is 1. The Bertz CT molecular complexity index is 1610. The molecule has 0 bridgehead atoms. The fourth-order valence-corrected chi connectivity index (χ4v) is 6.25. The number of rotatable bonds is 4. The molecular formula is C28H31N9O2S. The van der Waals surface area contributed by atoms with Crippen molar-refractivity contribution >= 4 is 39.3 Å². The maximum Gasteiger partial charge on any atom is 0.410 e. The molecule has 0 saturated carbocycles. The van der Waals surface area contributed by atoms with E-state index < -0.39 is 5.60 Å². The minimum atomic E-state index is -0.477. The summed E-state index contributed by atoms with van der Waals surface area (Å²) in [5.74, 6) is 0.715. The molecule has 4 aromatic heterocycles. The molecule has 6 heterocycles. The van der Waals surface area contributed by atoms with Crippen molar-refractivity contribution in [3.05, 3.63) is 42.4 Å². The number of fused-ring (bicyclic) bond motifs is 1. The van der Waals surface area contributed by atoms with Crippen molar-refractivity contribution in [2.75, 3.05) is 43.4 Å². The van der Waals surface area contributed by atoms with Gasteiger partial charge in [0.25, 0.3) is 0 Å². The highest BCUT2D eigenvalue weighted by molar-refractivity contribution is 7.18. The van der Waals surface area contributed by atoms with E-state index in [9.17, 15) is 4.79 Å². The number of pyridine rings is 2. The molecule has 0 radical (unpaired) electrons. The van der Waals surface area contributed by atoms with Gasteiger partial charge in [-0.05, 0) is 45.7 Å². The van der Waals surface area contributed by atoms with E-state index in [1.54, 1.807) is 17.5 Å². The van der Waals surface area contributed by atoms with Crippen LogP contribution in [0.2, 0.25) is 0 Å². The van der Waals surface area contributed by atoms with E-state index in [1.807, 2.05) is 67.9 Å². The molecule has 1 N–H and O–H groups in total. The molecule has 11 nitrogen and oxygen atoms in total. The second-order valence-electron chi connectivity index (χ2n) is 11.5. The summed E-state index contributed by atoms with van der Waals surface area (Å²) >= 11 is 1.56. The molecular weight excluding hydrogens is 526 g/mol. The maximum atomic E-state index is 12.4. The molecule has 1 spiro atoms. The number of likely N-dealkylation sites (tertiary alicyclic amines) is 1. The standard InChI is InChI=1S/C28H31N9O2S/c1-27(2,3)39-26(38)35-9-6-28(7-10-35)16-36(17-28)25-34-33-24(40-25)20-15-31-22(12-21(20)30-4)37-8-5-19-11-18(13-29)14-32-23(19)37/h5,8,11-12,14-15H,6-7,9-10,16-17H2,1-4H3,(H,30,31). The third-order valence-corrected chi connectivity index (χ3v) is 8.52. The van der Waals surface area contributed by atoms with E-state index in [4.69, 9.17) is 15.0 Å². The number of carbonyl (C=O) groups is 1. The van der Waals surface area contributed by atoms with E-state index in [0.29, 0.717) is 11.4 Å². The van der Waals surface area contributed by atoms with Crippen LogP contribution in [-0.2, 0) is 4.74 Å². The Morgan fingerprint density at radius 1 is 1.15 bits per heavy atom. The predicted molar refractivity (Wildman–Crippen MR) is 154 cm³/mol. The van der Waals surface area contributed by atoms with Crippen molar-refractivity contribution in [3.63, 3.8) is 0 Å². The molecule has 0 aliphatic carbocycles. The fourth-order valence-electron chi connectivity index (χ4n) is 5.38. The average molecular weight is 558 g/mol. The largest absolute Gasteiger partial charge is 0.444 e. The van der Waals surface area contributed by atoms with Crippen molar-refractivity contribution in [1.29, 1.82) is 5.26 Å². The first-order valence-corrected chi connectivity index (χ1v) is 14.1. The Morgan fingerprint density at radius 3 is 2.62 bits per heavy atom. The molecule has 0 atom stereocenters. The monoisotopic (exact) mass is 557 g/mol. The molecule has 0 aromatic carbocycles. The zero-order valence-corrected chi connectivity index (χ0v) is 23.8. The first-order valence-electron chi connectivity index (χ1n) is 13.3. The summed E-state index contributed by atoms with van der Waals surface area (Å²) in [6, 6.07) is 7.84. The van der Waals surface area contributed by atoms with Gasteiger partial charge in [-0.15, -0.1) is 10.2 Å². The molecule has 2 saturated heterocycles. The molecule has 2 aliphatic heterocycles. The lowest BCUT2D eigenvalue weighted by Crippen LogP contribution is -2.61. The number of piperidine rings is 1. The highest BCUT2D eigenvalue weighted by Crippen LogP contribution is 2.44. The molecule has 0 unspecified atom stereocenters. The predicted octanol–water partition coefficient (Wildman–Crippen LogP) is 4.69. The van der Waals surface area contributed by atoms with E-state index >= 15 is 0 Å². The van der Waals surface area contributed by atoms with Gasteiger partial charge in [0.15, 0.2) is 5.01 Å². The van der Waals surface area contributed by atoms with Gasteiger partial charge in [-0.1, -0.05) is 11.3 Å². The Morgan fingerprint density at radius 2 is 1.93 bits per heavy atom. The third kappa shape index (κ3) is 4.81. The van der Waals surface area contributed by atoms with Crippen LogP contribution in [0.25, 0.3) is 27.4 Å². The van der Waals surface area contributed by atoms with E-state index in [2.05, 4.69) is 31.5 Å². The molecule has 4 aromatic rings. The van der Waals surface area contributed by atoms with Crippen molar-refractivity contribution in [2.45, 2.75) is 39.2 Å². The molecule has 206 valence electrons. The molecule has 1 amide bonds. The van der Waals surface area contributed by atoms with E-state index in [0.717, 1.165) is 71.4 Å². The highest BCUT2D eigenvalue weighted by Gasteiger charge is 2.47. The lowest BCUT2D eigenvalue weighted by atomic mass is 9.72. The van der Waals surface area contributed by atoms with Gasteiger partial charge in [-0.2, -0.15) is 5.26 Å². The minimum Gasteiger partial charge on any atom is -0.444 e. The number of aromatic nitrogens is 5. The lowest BCUT2D eigenvalue weighted by molar-refractivity contribution is 0.00597. The zero-order valence-electron chi connectivity index (χ0n) is 23.0. The van der Waals surface area contributed by atoms with Gasteiger partial charge in [-0.3, -0.25) is 4.57 Å². The SMILES string of the molecule is CNc1cc(-n2ccc3cc(C#N)cnc32)ncc1-c1nnc(N2CC3(CCN(C(=O)OC(C)(C)C)CC3)C2)s1. The Kier molecular flexibility index (Phi) is 6.34. The Hall–Kier alpha value is -4.24. The van der Waals surface area contributed by atoms with Crippen LogP contribution in [0.15, 0.2) is 36.8 Å². The number of carbonyl (C=O) groups excluding carboxylic acids is 1. The van der Waals surface area contributed by atoms with Gasteiger partial charge in [0.05, 0.1) is 11.1 Å². The number of hydrogen-bond acceptors (Lipinski definition) is 10. The second kappa shape index (κ2) is 9.75. The zero-order chi connectivity index (χ0) is 28.1. The van der Waals surface area contributed by atoms with Crippen LogP contribution in [0, 0.1) is 16.7 Å². The first-order chi connectivity index (χ1) is 19.2. The lowest BCUT2D eigenvalue weighted by Gasteiger charge is -2.53.